The Balaban J connectivity index is 1.83. The molecule has 4 nitrogen and oxygen atoms in total. The summed E-state index contributed by atoms with van der Waals surface area (Å²) in [6, 6.07) is 18.8. The van der Waals surface area contributed by atoms with Crippen molar-refractivity contribution in [3.63, 3.8) is 0 Å². The second-order valence-corrected chi connectivity index (χ2v) is 8.92. The zero-order valence-electron chi connectivity index (χ0n) is 21.2. The summed E-state index contributed by atoms with van der Waals surface area (Å²) in [5.41, 5.74) is 5.29. The molecule has 0 atom stereocenters. The molecule has 0 radical (unpaired) electrons. The maximum atomic E-state index is 15.2. The van der Waals surface area contributed by atoms with Crippen LogP contribution in [0.15, 0.2) is 72.8 Å². The Morgan fingerprint density at radius 3 is 2.25 bits per heavy atom. The first-order valence-corrected chi connectivity index (χ1v) is 12.5. The Morgan fingerprint density at radius 2 is 1.58 bits per heavy atom. The van der Waals surface area contributed by atoms with Crippen molar-refractivity contribution >= 4 is 5.97 Å². The molecule has 0 bridgehead atoms. The lowest BCUT2D eigenvalue weighted by molar-refractivity contribution is -0.139. The standard InChI is InChI=1S/C31H35FO4/c1-4-5-6-7-24-10-14-28(30(20-24)35-18-19-36-31(34)22(2)3)26-13-15-27(29(32)21-26)25-11-8-23(9-12-25)16-17-33/h8-15,20-21,33H,2,4-7,16-19H2,1,3H3. The average molecular weight is 491 g/mol. The average Bonchev–Trinajstić information content (AvgIpc) is 2.87. The fourth-order valence-corrected chi connectivity index (χ4v) is 3.97. The van der Waals surface area contributed by atoms with Crippen LogP contribution in [0.5, 0.6) is 5.75 Å². The highest BCUT2D eigenvalue weighted by molar-refractivity contribution is 5.86. The number of hydrogen-bond donors (Lipinski definition) is 1. The van der Waals surface area contributed by atoms with Crippen LogP contribution in [0.3, 0.4) is 0 Å². The van der Waals surface area contributed by atoms with E-state index in [-0.39, 0.29) is 25.6 Å². The summed E-state index contributed by atoms with van der Waals surface area (Å²) in [7, 11) is 0. The Hall–Kier alpha value is -3.44. The number of halogens is 1. The zero-order valence-corrected chi connectivity index (χ0v) is 21.2. The predicted octanol–water partition coefficient (Wildman–Crippen LogP) is 6.93. The first-order valence-electron chi connectivity index (χ1n) is 12.5. The van der Waals surface area contributed by atoms with E-state index in [1.54, 1.807) is 13.0 Å². The van der Waals surface area contributed by atoms with Gasteiger partial charge in [0, 0.05) is 23.3 Å². The fraction of sp³-hybridized carbons (Fsp3) is 0.323. The van der Waals surface area contributed by atoms with E-state index in [2.05, 4.69) is 19.6 Å². The van der Waals surface area contributed by atoms with Gasteiger partial charge in [0.25, 0.3) is 0 Å². The van der Waals surface area contributed by atoms with Gasteiger partial charge in [-0.1, -0.05) is 74.9 Å². The minimum absolute atomic E-state index is 0.0839. The molecule has 5 heteroatoms. The fourth-order valence-electron chi connectivity index (χ4n) is 3.97. The van der Waals surface area contributed by atoms with Crippen molar-refractivity contribution in [3.8, 4) is 28.0 Å². The van der Waals surface area contributed by atoms with Gasteiger partial charge in [-0.15, -0.1) is 0 Å². The number of unbranched alkanes of at least 4 members (excludes halogenated alkanes) is 2. The van der Waals surface area contributed by atoms with Gasteiger partial charge in [0.15, 0.2) is 0 Å². The van der Waals surface area contributed by atoms with Crippen LogP contribution < -0.4 is 4.74 Å². The Kier molecular flexibility index (Phi) is 10.3. The van der Waals surface area contributed by atoms with E-state index in [1.165, 1.54) is 6.07 Å². The third-order valence-corrected chi connectivity index (χ3v) is 5.98. The van der Waals surface area contributed by atoms with Crippen molar-refractivity contribution in [2.45, 2.75) is 46.0 Å². The first kappa shape index (κ1) is 27.2. The SMILES string of the molecule is C=C(C)C(=O)OCCOc1cc(CCCCC)ccc1-c1ccc(-c2ccc(CCO)cc2)c(F)c1. The lowest BCUT2D eigenvalue weighted by atomic mass is 9.96. The molecule has 0 fully saturated rings. The molecule has 0 amide bonds. The zero-order chi connectivity index (χ0) is 25.9. The quantitative estimate of drug-likeness (QED) is 0.160. The van der Waals surface area contributed by atoms with Crippen LogP contribution in [0.2, 0.25) is 0 Å². The predicted molar refractivity (Wildman–Crippen MR) is 143 cm³/mol. The number of aryl methyl sites for hydroxylation is 1. The van der Waals surface area contributed by atoms with Crippen molar-refractivity contribution in [2.24, 2.45) is 0 Å². The van der Waals surface area contributed by atoms with Crippen LogP contribution in [0.25, 0.3) is 22.3 Å². The number of carbonyl (C=O) groups is 1. The molecule has 190 valence electrons. The summed E-state index contributed by atoms with van der Waals surface area (Å²) in [6.07, 6.45) is 4.90. The van der Waals surface area contributed by atoms with Gasteiger partial charge in [0.05, 0.1) is 0 Å². The Labute approximate surface area is 213 Å². The summed E-state index contributed by atoms with van der Waals surface area (Å²) in [5.74, 6) is -0.138. The van der Waals surface area contributed by atoms with Gasteiger partial charge in [-0.2, -0.15) is 0 Å². The molecule has 3 aromatic rings. The van der Waals surface area contributed by atoms with Crippen LogP contribution in [0.1, 0.15) is 44.2 Å². The molecule has 0 saturated heterocycles. The molecular weight excluding hydrogens is 455 g/mol. The summed E-state index contributed by atoms with van der Waals surface area (Å²) < 4.78 is 26.4. The molecule has 0 spiro atoms. The number of aliphatic hydroxyl groups is 1. The molecule has 0 saturated carbocycles. The van der Waals surface area contributed by atoms with E-state index in [1.807, 2.05) is 42.5 Å². The minimum Gasteiger partial charge on any atom is -0.489 e. The smallest absolute Gasteiger partial charge is 0.333 e. The van der Waals surface area contributed by atoms with Gasteiger partial charge in [-0.3, -0.25) is 0 Å². The minimum atomic E-state index is -0.450. The van der Waals surface area contributed by atoms with Gasteiger partial charge >= 0.3 is 5.97 Å². The van der Waals surface area contributed by atoms with Crippen molar-refractivity contribution < 1.29 is 23.8 Å². The van der Waals surface area contributed by atoms with E-state index in [9.17, 15) is 4.79 Å². The van der Waals surface area contributed by atoms with Crippen LogP contribution in [0, 0.1) is 5.82 Å². The molecule has 36 heavy (non-hydrogen) atoms. The van der Waals surface area contributed by atoms with E-state index < -0.39 is 5.97 Å². The molecule has 0 heterocycles. The van der Waals surface area contributed by atoms with Crippen molar-refractivity contribution in [1.82, 2.24) is 0 Å². The maximum absolute atomic E-state index is 15.2. The van der Waals surface area contributed by atoms with E-state index >= 15 is 4.39 Å². The highest BCUT2D eigenvalue weighted by atomic mass is 19.1. The van der Waals surface area contributed by atoms with Crippen molar-refractivity contribution in [2.75, 3.05) is 19.8 Å². The number of ether oxygens (including phenoxy) is 2. The van der Waals surface area contributed by atoms with Gasteiger partial charge in [0.2, 0.25) is 0 Å². The van der Waals surface area contributed by atoms with Crippen LogP contribution in [-0.2, 0) is 22.4 Å². The van der Waals surface area contributed by atoms with Crippen molar-refractivity contribution in [1.29, 1.82) is 0 Å². The van der Waals surface area contributed by atoms with Crippen LogP contribution in [0.4, 0.5) is 4.39 Å². The monoisotopic (exact) mass is 490 g/mol. The second-order valence-electron chi connectivity index (χ2n) is 8.92. The van der Waals surface area contributed by atoms with Gasteiger partial charge in [0.1, 0.15) is 24.8 Å². The number of esters is 1. The lowest BCUT2D eigenvalue weighted by Gasteiger charge is -2.15. The number of hydrogen-bond acceptors (Lipinski definition) is 4. The first-order chi connectivity index (χ1) is 17.4. The third-order valence-electron chi connectivity index (χ3n) is 5.98. The van der Waals surface area contributed by atoms with E-state index in [4.69, 9.17) is 14.6 Å². The van der Waals surface area contributed by atoms with Gasteiger partial charge < -0.3 is 14.6 Å². The summed E-state index contributed by atoms with van der Waals surface area (Å²) in [5, 5.41) is 9.10. The highest BCUT2D eigenvalue weighted by Crippen LogP contribution is 2.34. The highest BCUT2D eigenvalue weighted by Gasteiger charge is 2.13. The molecule has 0 aliphatic carbocycles. The molecule has 0 aromatic heterocycles. The number of carbonyl (C=O) groups excluding carboxylic acids is 1. The Morgan fingerprint density at radius 1 is 0.889 bits per heavy atom. The summed E-state index contributed by atoms with van der Waals surface area (Å²) >= 11 is 0. The molecule has 0 unspecified atom stereocenters. The number of rotatable bonds is 13. The van der Waals surface area contributed by atoms with Gasteiger partial charge in [-0.25, -0.2) is 9.18 Å². The molecular formula is C31H35FO4. The Bertz CT molecular complexity index is 1170. The second kappa shape index (κ2) is 13.6. The number of benzene rings is 3. The topological polar surface area (TPSA) is 55.8 Å². The third kappa shape index (κ3) is 7.53. The summed E-state index contributed by atoms with van der Waals surface area (Å²) in [4.78, 5) is 11.7. The molecule has 1 N–H and O–H groups in total. The maximum Gasteiger partial charge on any atom is 0.333 e. The summed E-state index contributed by atoms with van der Waals surface area (Å²) in [6.45, 7) is 7.73. The molecule has 3 rings (SSSR count). The largest absolute Gasteiger partial charge is 0.489 e. The molecule has 0 aliphatic heterocycles. The van der Waals surface area contributed by atoms with Crippen LogP contribution in [-0.4, -0.2) is 30.9 Å². The molecule has 3 aromatic carbocycles. The van der Waals surface area contributed by atoms with Crippen LogP contribution >= 0.6 is 0 Å². The normalized spacial score (nSPS) is 10.8. The lowest BCUT2D eigenvalue weighted by Crippen LogP contribution is -2.12. The van der Waals surface area contributed by atoms with E-state index in [0.717, 1.165) is 47.9 Å². The van der Waals surface area contributed by atoms with Gasteiger partial charge in [-0.05, 0) is 60.6 Å². The van der Waals surface area contributed by atoms with E-state index in [0.29, 0.717) is 28.9 Å². The molecule has 0 aliphatic rings. The number of aliphatic hydroxyl groups excluding tert-OH is 1. The van der Waals surface area contributed by atoms with Crippen molar-refractivity contribution in [3.05, 3.63) is 89.8 Å².